The number of hydrogen-bond acceptors (Lipinski definition) is 1. The van der Waals surface area contributed by atoms with Crippen LogP contribution in [0.3, 0.4) is 0 Å². The molecule has 0 heterocycles. The quantitative estimate of drug-likeness (QED) is 0.863. The normalized spacial score (nSPS) is 18.3. The molecule has 2 N–H and O–H groups in total. The first kappa shape index (κ1) is 11.7. The van der Waals surface area contributed by atoms with E-state index >= 15 is 0 Å². The van der Waals surface area contributed by atoms with Crippen molar-refractivity contribution >= 4 is 10.8 Å². The summed E-state index contributed by atoms with van der Waals surface area (Å²) in [6.45, 7) is 0.830. The molecule has 18 heavy (non-hydrogen) atoms. The molecule has 0 aromatic heterocycles. The number of rotatable bonds is 3. The number of nitrogens with two attached hydrogens (primary N) is 1. The van der Waals surface area contributed by atoms with Gasteiger partial charge in [0.15, 0.2) is 0 Å². The van der Waals surface area contributed by atoms with Gasteiger partial charge in [-0.25, -0.2) is 0 Å². The van der Waals surface area contributed by atoms with Gasteiger partial charge in [-0.3, -0.25) is 0 Å². The van der Waals surface area contributed by atoms with Crippen LogP contribution in [-0.2, 0) is 6.42 Å². The fraction of sp³-hybridized carbons (Fsp3) is 0.412. The molecule has 0 radical (unpaired) electrons. The Morgan fingerprint density at radius 3 is 2.44 bits per heavy atom. The average Bonchev–Trinajstić information content (AvgIpc) is 2.88. The highest BCUT2D eigenvalue weighted by Gasteiger charge is 2.32. The third-order valence-electron chi connectivity index (χ3n) is 4.54. The molecule has 0 atom stereocenters. The first-order valence-electron chi connectivity index (χ1n) is 7.00. The number of fused-ring (bicyclic) bond motifs is 1. The van der Waals surface area contributed by atoms with Crippen LogP contribution < -0.4 is 5.73 Å². The van der Waals surface area contributed by atoms with Crippen LogP contribution in [0.1, 0.15) is 31.2 Å². The van der Waals surface area contributed by atoms with E-state index in [1.54, 1.807) is 0 Å². The summed E-state index contributed by atoms with van der Waals surface area (Å²) in [6, 6.07) is 15.3. The van der Waals surface area contributed by atoms with Crippen LogP contribution in [0.5, 0.6) is 0 Å². The SMILES string of the molecule is NCC1(Cc2cccc3ccccc23)CCCC1. The smallest absolute Gasteiger partial charge is 0.00173 e. The van der Waals surface area contributed by atoms with E-state index in [9.17, 15) is 0 Å². The van der Waals surface area contributed by atoms with Crippen LogP contribution in [0.4, 0.5) is 0 Å². The van der Waals surface area contributed by atoms with Crippen molar-refractivity contribution in [1.29, 1.82) is 0 Å². The van der Waals surface area contributed by atoms with Gasteiger partial charge in [-0.15, -0.1) is 0 Å². The van der Waals surface area contributed by atoms with Gasteiger partial charge in [0.25, 0.3) is 0 Å². The Morgan fingerprint density at radius 2 is 1.67 bits per heavy atom. The van der Waals surface area contributed by atoms with E-state index in [-0.39, 0.29) is 0 Å². The van der Waals surface area contributed by atoms with Crippen LogP contribution in [0.25, 0.3) is 10.8 Å². The summed E-state index contributed by atoms with van der Waals surface area (Å²) in [6.07, 6.45) is 6.44. The monoisotopic (exact) mass is 239 g/mol. The highest BCUT2D eigenvalue weighted by atomic mass is 14.6. The third-order valence-corrected chi connectivity index (χ3v) is 4.54. The van der Waals surface area contributed by atoms with Crippen LogP contribution in [0, 0.1) is 5.41 Å². The van der Waals surface area contributed by atoms with Gasteiger partial charge in [-0.05, 0) is 47.6 Å². The van der Waals surface area contributed by atoms with E-state index in [1.807, 2.05) is 0 Å². The molecular formula is C17H21N. The molecule has 3 rings (SSSR count). The van der Waals surface area contributed by atoms with E-state index in [0.29, 0.717) is 5.41 Å². The zero-order chi connectivity index (χ0) is 12.4. The summed E-state index contributed by atoms with van der Waals surface area (Å²) in [5.41, 5.74) is 7.90. The largest absolute Gasteiger partial charge is 0.330 e. The summed E-state index contributed by atoms with van der Waals surface area (Å²) in [5, 5.41) is 2.75. The number of hydrogen-bond donors (Lipinski definition) is 1. The standard InChI is InChI=1S/C17H21N/c18-13-17(10-3-4-11-17)12-15-8-5-7-14-6-1-2-9-16(14)15/h1-2,5-9H,3-4,10-13,18H2. The molecule has 1 nitrogen and oxygen atoms in total. The van der Waals surface area contributed by atoms with Crippen LogP contribution in [0.15, 0.2) is 42.5 Å². The molecule has 1 saturated carbocycles. The summed E-state index contributed by atoms with van der Waals surface area (Å²) in [7, 11) is 0. The second-order valence-electron chi connectivity index (χ2n) is 5.73. The molecule has 0 amide bonds. The van der Waals surface area contributed by atoms with Crippen LogP contribution in [0.2, 0.25) is 0 Å². The summed E-state index contributed by atoms with van der Waals surface area (Å²) in [4.78, 5) is 0. The molecule has 1 heteroatoms. The second kappa shape index (κ2) is 4.74. The Balaban J connectivity index is 1.99. The maximum Gasteiger partial charge on any atom is -0.00173 e. The van der Waals surface area contributed by atoms with Crippen molar-refractivity contribution in [2.75, 3.05) is 6.54 Å². The second-order valence-corrected chi connectivity index (χ2v) is 5.73. The molecule has 2 aromatic carbocycles. The lowest BCUT2D eigenvalue weighted by atomic mass is 9.79. The molecule has 1 aliphatic rings. The Bertz CT molecular complexity index is 533. The molecule has 0 saturated heterocycles. The first-order valence-corrected chi connectivity index (χ1v) is 7.00. The van der Waals surface area contributed by atoms with Crippen molar-refractivity contribution in [3.05, 3.63) is 48.0 Å². The van der Waals surface area contributed by atoms with E-state index in [1.165, 1.54) is 42.0 Å². The van der Waals surface area contributed by atoms with Crippen molar-refractivity contribution < 1.29 is 0 Å². The summed E-state index contributed by atoms with van der Waals surface area (Å²) < 4.78 is 0. The van der Waals surface area contributed by atoms with Gasteiger partial charge in [0.2, 0.25) is 0 Å². The highest BCUT2D eigenvalue weighted by molar-refractivity contribution is 5.85. The maximum absolute atomic E-state index is 6.06. The molecule has 1 fully saturated rings. The van der Waals surface area contributed by atoms with Crippen molar-refractivity contribution in [3.8, 4) is 0 Å². The lowest BCUT2D eigenvalue weighted by Gasteiger charge is -2.27. The van der Waals surface area contributed by atoms with Gasteiger partial charge in [-0.2, -0.15) is 0 Å². The lowest BCUT2D eigenvalue weighted by molar-refractivity contribution is 0.307. The lowest BCUT2D eigenvalue weighted by Crippen LogP contribution is -2.29. The summed E-state index contributed by atoms with van der Waals surface area (Å²) in [5.74, 6) is 0. The fourth-order valence-corrected chi connectivity index (χ4v) is 3.43. The van der Waals surface area contributed by atoms with Crippen molar-refractivity contribution in [1.82, 2.24) is 0 Å². The van der Waals surface area contributed by atoms with E-state index in [0.717, 1.165) is 13.0 Å². The van der Waals surface area contributed by atoms with Gasteiger partial charge < -0.3 is 5.73 Å². The molecular weight excluding hydrogens is 218 g/mol. The number of benzene rings is 2. The summed E-state index contributed by atoms with van der Waals surface area (Å²) >= 11 is 0. The predicted molar refractivity (Wildman–Crippen MR) is 77.6 cm³/mol. The molecule has 0 aliphatic heterocycles. The van der Waals surface area contributed by atoms with Gasteiger partial charge in [0.1, 0.15) is 0 Å². The van der Waals surface area contributed by atoms with Gasteiger partial charge >= 0.3 is 0 Å². The minimum Gasteiger partial charge on any atom is -0.330 e. The Hall–Kier alpha value is -1.34. The van der Waals surface area contributed by atoms with Crippen LogP contribution >= 0.6 is 0 Å². The van der Waals surface area contributed by atoms with Crippen molar-refractivity contribution in [2.45, 2.75) is 32.1 Å². The Kier molecular flexibility index (Phi) is 3.09. The van der Waals surface area contributed by atoms with E-state index in [2.05, 4.69) is 42.5 Å². The zero-order valence-corrected chi connectivity index (χ0v) is 10.9. The highest BCUT2D eigenvalue weighted by Crippen LogP contribution is 2.41. The minimum absolute atomic E-state index is 0.365. The van der Waals surface area contributed by atoms with Gasteiger partial charge in [-0.1, -0.05) is 55.3 Å². The molecule has 0 spiro atoms. The average molecular weight is 239 g/mol. The molecule has 2 aromatic rings. The predicted octanol–water partition coefficient (Wildman–Crippen LogP) is 3.90. The molecule has 0 bridgehead atoms. The zero-order valence-electron chi connectivity index (χ0n) is 10.9. The Morgan fingerprint density at radius 1 is 0.944 bits per heavy atom. The topological polar surface area (TPSA) is 26.0 Å². The minimum atomic E-state index is 0.365. The van der Waals surface area contributed by atoms with Gasteiger partial charge in [0.05, 0.1) is 0 Å². The van der Waals surface area contributed by atoms with Crippen molar-refractivity contribution in [2.24, 2.45) is 11.1 Å². The molecule has 94 valence electrons. The van der Waals surface area contributed by atoms with E-state index < -0.39 is 0 Å². The first-order chi connectivity index (χ1) is 8.83. The fourth-order valence-electron chi connectivity index (χ4n) is 3.43. The van der Waals surface area contributed by atoms with E-state index in [4.69, 9.17) is 5.73 Å². The van der Waals surface area contributed by atoms with Crippen LogP contribution in [-0.4, -0.2) is 6.54 Å². The molecule has 0 unspecified atom stereocenters. The maximum atomic E-state index is 6.06. The third kappa shape index (κ3) is 2.04. The Labute approximate surface area is 109 Å². The van der Waals surface area contributed by atoms with Crippen molar-refractivity contribution in [3.63, 3.8) is 0 Å². The molecule has 1 aliphatic carbocycles. The van der Waals surface area contributed by atoms with Gasteiger partial charge in [0, 0.05) is 0 Å².